The summed E-state index contributed by atoms with van der Waals surface area (Å²) in [6.45, 7) is 0. The number of nitrogens with zero attached hydrogens (tertiary/aromatic N) is 1. The zero-order chi connectivity index (χ0) is 12.3. The monoisotopic (exact) mass is 253 g/mol. The molecule has 0 saturated carbocycles. The predicted molar refractivity (Wildman–Crippen MR) is 50.2 cm³/mol. The van der Waals surface area contributed by atoms with Crippen LogP contribution in [0.3, 0.4) is 0 Å². The first-order valence-electron chi connectivity index (χ1n) is 4.25. The van der Waals surface area contributed by atoms with E-state index in [0.717, 1.165) is 6.07 Å². The molecule has 88 valence electrons. The molecule has 1 aromatic rings. The minimum Gasteiger partial charge on any atom is -0.481 e. The van der Waals surface area contributed by atoms with E-state index in [1.807, 2.05) is 0 Å². The number of carbonyl (C=O) groups is 1. The molecule has 0 atom stereocenters. The number of alkyl halides is 3. The van der Waals surface area contributed by atoms with Crippen molar-refractivity contribution in [2.45, 2.75) is 19.0 Å². The summed E-state index contributed by atoms with van der Waals surface area (Å²) in [4.78, 5) is 13.4. The van der Waals surface area contributed by atoms with Crippen LogP contribution in [-0.4, -0.2) is 16.1 Å². The second kappa shape index (κ2) is 4.69. The number of carboxylic acids is 1. The van der Waals surface area contributed by atoms with Gasteiger partial charge >= 0.3 is 12.1 Å². The maximum atomic E-state index is 12.5. The second-order valence-electron chi connectivity index (χ2n) is 3.03. The van der Waals surface area contributed by atoms with E-state index in [9.17, 15) is 18.0 Å². The Kier molecular flexibility index (Phi) is 3.74. The summed E-state index contributed by atoms with van der Waals surface area (Å²) in [6.07, 6.45) is -5.24. The quantitative estimate of drug-likeness (QED) is 0.843. The Hall–Kier alpha value is -1.30. The van der Waals surface area contributed by atoms with Gasteiger partial charge in [-0.25, -0.2) is 4.98 Å². The molecule has 0 saturated heterocycles. The summed E-state index contributed by atoms with van der Waals surface area (Å²) in [5, 5.41) is 8.12. The minimum absolute atomic E-state index is 0.167. The van der Waals surface area contributed by atoms with Gasteiger partial charge in [0.1, 0.15) is 10.8 Å². The fourth-order valence-electron chi connectivity index (χ4n) is 1.15. The van der Waals surface area contributed by atoms with E-state index < -0.39 is 17.8 Å². The van der Waals surface area contributed by atoms with E-state index in [1.54, 1.807) is 0 Å². The molecule has 0 aliphatic heterocycles. The highest BCUT2D eigenvalue weighted by molar-refractivity contribution is 6.29. The molecule has 0 fully saturated rings. The third-order valence-electron chi connectivity index (χ3n) is 1.82. The lowest BCUT2D eigenvalue weighted by Gasteiger charge is -2.11. The van der Waals surface area contributed by atoms with Crippen molar-refractivity contribution in [1.82, 2.24) is 4.98 Å². The van der Waals surface area contributed by atoms with Crippen molar-refractivity contribution in [3.63, 3.8) is 0 Å². The zero-order valence-corrected chi connectivity index (χ0v) is 8.64. The fourth-order valence-corrected chi connectivity index (χ4v) is 1.30. The Morgan fingerprint density at radius 3 is 2.56 bits per heavy atom. The smallest absolute Gasteiger partial charge is 0.433 e. The van der Waals surface area contributed by atoms with Crippen molar-refractivity contribution in [3.05, 3.63) is 28.5 Å². The van der Waals surface area contributed by atoms with Crippen molar-refractivity contribution >= 4 is 17.6 Å². The third kappa shape index (κ3) is 3.37. The highest BCUT2D eigenvalue weighted by Gasteiger charge is 2.35. The molecular weight excluding hydrogens is 247 g/mol. The zero-order valence-electron chi connectivity index (χ0n) is 7.88. The normalized spacial score (nSPS) is 11.5. The van der Waals surface area contributed by atoms with Gasteiger partial charge in [-0.2, -0.15) is 13.2 Å². The summed E-state index contributed by atoms with van der Waals surface area (Å²) in [7, 11) is 0. The Bertz CT molecular complexity index is 406. The summed E-state index contributed by atoms with van der Waals surface area (Å²) in [5.74, 6) is -1.16. The lowest BCUT2D eigenvalue weighted by Crippen LogP contribution is -2.13. The number of aromatic nitrogens is 1. The number of hydrogen-bond acceptors (Lipinski definition) is 2. The van der Waals surface area contributed by atoms with Gasteiger partial charge in [-0.05, 0) is 18.1 Å². The van der Waals surface area contributed by atoms with Crippen LogP contribution in [0.4, 0.5) is 13.2 Å². The fraction of sp³-hybridized carbons (Fsp3) is 0.333. The number of rotatable bonds is 3. The highest BCUT2D eigenvalue weighted by Crippen LogP contribution is 2.31. The molecule has 0 spiro atoms. The van der Waals surface area contributed by atoms with E-state index in [2.05, 4.69) is 4.98 Å². The molecule has 16 heavy (non-hydrogen) atoms. The molecule has 1 rings (SSSR count). The lowest BCUT2D eigenvalue weighted by atomic mass is 10.1. The van der Waals surface area contributed by atoms with Crippen LogP contribution >= 0.6 is 11.6 Å². The Morgan fingerprint density at radius 1 is 1.44 bits per heavy atom. The standard InChI is InChI=1S/C9H7ClF3NO2/c10-6-3-1-5(2-4-7(15)16)8(14-6)9(11,12)13/h1,3H,2,4H2,(H,15,16). The summed E-state index contributed by atoms with van der Waals surface area (Å²) in [6, 6.07) is 2.34. The van der Waals surface area contributed by atoms with Gasteiger partial charge in [-0.3, -0.25) is 4.79 Å². The molecule has 1 heterocycles. The van der Waals surface area contributed by atoms with Crippen LogP contribution in [0.25, 0.3) is 0 Å². The van der Waals surface area contributed by atoms with Crippen LogP contribution in [-0.2, 0) is 17.4 Å². The molecule has 0 bridgehead atoms. The average molecular weight is 254 g/mol. The van der Waals surface area contributed by atoms with E-state index in [-0.39, 0.29) is 23.6 Å². The van der Waals surface area contributed by atoms with Gasteiger partial charge in [0.05, 0.1) is 0 Å². The maximum absolute atomic E-state index is 12.5. The number of halogens is 4. The Morgan fingerprint density at radius 2 is 2.06 bits per heavy atom. The van der Waals surface area contributed by atoms with Crippen LogP contribution < -0.4 is 0 Å². The largest absolute Gasteiger partial charge is 0.481 e. The van der Waals surface area contributed by atoms with Crippen molar-refractivity contribution < 1.29 is 23.1 Å². The predicted octanol–water partition coefficient (Wildman–Crippen LogP) is 2.77. The van der Waals surface area contributed by atoms with Crippen LogP contribution in [0.2, 0.25) is 5.15 Å². The van der Waals surface area contributed by atoms with E-state index in [1.165, 1.54) is 6.07 Å². The summed E-state index contributed by atoms with van der Waals surface area (Å²) < 4.78 is 37.5. The SMILES string of the molecule is O=C(O)CCc1ccc(Cl)nc1C(F)(F)F. The number of hydrogen-bond donors (Lipinski definition) is 1. The van der Waals surface area contributed by atoms with Crippen LogP contribution in [0.1, 0.15) is 17.7 Å². The highest BCUT2D eigenvalue weighted by atomic mass is 35.5. The average Bonchev–Trinajstić information content (AvgIpc) is 2.14. The van der Waals surface area contributed by atoms with E-state index in [0.29, 0.717) is 0 Å². The maximum Gasteiger partial charge on any atom is 0.433 e. The molecular formula is C9H7ClF3NO2. The molecule has 0 unspecified atom stereocenters. The van der Waals surface area contributed by atoms with Crippen LogP contribution in [0, 0.1) is 0 Å². The first-order valence-corrected chi connectivity index (χ1v) is 4.63. The van der Waals surface area contributed by atoms with Gasteiger partial charge < -0.3 is 5.11 Å². The van der Waals surface area contributed by atoms with Crippen molar-refractivity contribution in [3.8, 4) is 0 Å². The molecule has 0 aliphatic rings. The molecule has 1 N–H and O–H groups in total. The molecule has 0 aromatic carbocycles. The Balaban J connectivity index is 3.03. The number of carboxylic acid groups (broad SMARTS) is 1. The van der Waals surface area contributed by atoms with E-state index >= 15 is 0 Å². The minimum atomic E-state index is -4.63. The number of aliphatic carboxylic acids is 1. The van der Waals surface area contributed by atoms with Crippen LogP contribution in [0.5, 0.6) is 0 Å². The first-order chi connectivity index (χ1) is 7.30. The topological polar surface area (TPSA) is 50.2 Å². The van der Waals surface area contributed by atoms with Gasteiger partial charge in [-0.15, -0.1) is 0 Å². The number of pyridine rings is 1. The summed E-state index contributed by atoms with van der Waals surface area (Å²) in [5.41, 5.74) is -1.29. The first kappa shape index (κ1) is 12.8. The molecule has 7 heteroatoms. The van der Waals surface area contributed by atoms with Gasteiger partial charge in [-0.1, -0.05) is 17.7 Å². The van der Waals surface area contributed by atoms with Gasteiger partial charge in [0, 0.05) is 6.42 Å². The Labute approximate surface area is 93.9 Å². The second-order valence-corrected chi connectivity index (χ2v) is 3.42. The van der Waals surface area contributed by atoms with Crippen molar-refractivity contribution in [2.75, 3.05) is 0 Å². The summed E-state index contributed by atoms with van der Waals surface area (Å²) >= 11 is 5.36. The van der Waals surface area contributed by atoms with Crippen molar-refractivity contribution in [2.24, 2.45) is 0 Å². The molecule has 3 nitrogen and oxygen atoms in total. The molecule has 0 amide bonds. The van der Waals surface area contributed by atoms with Crippen molar-refractivity contribution in [1.29, 1.82) is 0 Å². The van der Waals surface area contributed by atoms with Gasteiger partial charge in [0.25, 0.3) is 0 Å². The molecule has 0 aliphatic carbocycles. The lowest BCUT2D eigenvalue weighted by molar-refractivity contribution is -0.142. The van der Waals surface area contributed by atoms with Gasteiger partial charge in [0.15, 0.2) is 0 Å². The van der Waals surface area contributed by atoms with Gasteiger partial charge in [0.2, 0.25) is 0 Å². The molecule has 1 aromatic heterocycles. The van der Waals surface area contributed by atoms with E-state index in [4.69, 9.17) is 16.7 Å². The number of aryl methyl sites for hydroxylation is 1. The van der Waals surface area contributed by atoms with Crippen LogP contribution in [0.15, 0.2) is 12.1 Å². The molecule has 0 radical (unpaired) electrons. The third-order valence-corrected chi connectivity index (χ3v) is 2.03.